The van der Waals surface area contributed by atoms with Crippen LogP contribution in [0, 0.1) is 5.82 Å². The molecule has 4 N–H and O–H groups in total. The Morgan fingerprint density at radius 2 is 2.14 bits per heavy atom. The van der Waals surface area contributed by atoms with Gasteiger partial charge in [0.05, 0.1) is 0 Å². The fourth-order valence-corrected chi connectivity index (χ4v) is 4.53. The van der Waals surface area contributed by atoms with Gasteiger partial charge in [-0.2, -0.15) is 8.42 Å². The van der Waals surface area contributed by atoms with Crippen LogP contribution in [0.5, 0.6) is 5.75 Å². The molecule has 1 amide bonds. The summed E-state index contributed by atoms with van der Waals surface area (Å²) in [6.07, 6.45) is 3.46. The van der Waals surface area contributed by atoms with Crippen LogP contribution in [0.3, 0.4) is 0 Å². The van der Waals surface area contributed by atoms with E-state index in [1.54, 1.807) is 9.62 Å². The minimum absolute atomic E-state index is 0.104. The van der Waals surface area contributed by atoms with Crippen molar-refractivity contribution in [1.82, 2.24) is 9.62 Å². The molecule has 0 bridgehead atoms. The van der Waals surface area contributed by atoms with Gasteiger partial charge in [0.1, 0.15) is 18.0 Å². The number of fused-ring (bicyclic) bond motifs is 1. The summed E-state index contributed by atoms with van der Waals surface area (Å²) in [5.74, 6) is -1.88. The quantitative estimate of drug-likeness (QED) is 0.368. The van der Waals surface area contributed by atoms with E-state index in [4.69, 9.17) is 5.73 Å². The number of carbonyl (C=O) groups is 1. The predicted molar refractivity (Wildman–Crippen MR) is 103 cm³/mol. The Kier molecular flexibility index (Phi) is 5.64. The minimum atomic E-state index is -4.24. The van der Waals surface area contributed by atoms with Gasteiger partial charge in [-0.15, -0.1) is 0 Å². The second kappa shape index (κ2) is 7.82. The highest BCUT2D eigenvalue weighted by Gasteiger charge is 2.39. The van der Waals surface area contributed by atoms with Crippen molar-refractivity contribution in [2.24, 2.45) is 10.7 Å². The summed E-state index contributed by atoms with van der Waals surface area (Å²) in [6.45, 7) is 2.71. The van der Waals surface area contributed by atoms with Crippen molar-refractivity contribution in [2.75, 3.05) is 23.9 Å². The molecular weight excluding hydrogens is 389 g/mol. The lowest BCUT2D eigenvalue weighted by Crippen LogP contribution is -2.41. The van der Waals surface area contributed by atoms with Crippen LogP contribution in [-0.4, -0.2) is 49.9 Å². The molecule has 1 aromatic rings. The molecular formula is C17H24FN5O4S. The van der Waals surface area contributed by atoms with Crippen LogP contribution >= 0.6 is 0 Å². The average Bonchev–Trinajstić information content (AvgIpc) is 2.90. The molecule has 0 aliphatic carbocycles. The summed E-state index contributed by atoms with van der Waals surface area (Å²) < 4.78 is 41.6. The second-order valence-corrected chi connectivity index (χ2v) is 8.45. The number of phenols is 1. The molecule has 9 nitrogen and oxygen atoms in total. The number of aromatic hydroxyl groups is 1. The fraction of sp³-hybridized carbons (Fsp3) is 0.529. The van der Waals surface area contributed by atoms with Gasteiger partial charge in [0.2, 0.25) is 0 Å². The second-order valence-electron chi connectivity index (χ2n) is 6.85. The number of amides is 1. The van der Waals surface area contributed by atoms with Gasteiger partial charge in [-0.25, -0.2) is 13.4 Å². The molecule has 3 rings (SSSR count). The number of aliphatic imine (C=N–C) groups is 1. The first-order valence-electron chi connectivity index (χ1n) is 9.16. The Balaban J connectivity index is 1.89. The van der Waals surface area contributed by atoms with Crippen LogP contribution in [0.2, 0.25) is 0 Å². The number of nitrogens with zero attached hydrogens (tertiary/aromatic N) is 3. The third kappa shape index (κ3) is 3.84. The lowest BCUT2D eigenvalue weighted by atomic mass is 9.97. The van der Waals surface area contributed by atoms with Gasteiger partial charge < -0.3 is 15.7 Å². The maximum Gasteiger partial charge on any atom is 0.326 e. The maximum absolute atomic E-state index is 15.2. The molecule has 0 unspecified atom stereocenters. The first kappa shape index (κ1) is 20.2. The average molecular weight is 413 g/mol. The summed E-state index contributed by atoms with van der Waals surface area (Å²) in [5, 5.41) is 10.2. The van der Waals surface area contributed by atoms with Gasteiger partial charge in [-0.1, -0.05) is 19.8 Å². The van der Waals surface area contributed by atoms with E-state index in [0.29, 0.717) is 35.3 Å². The molecule has 0 atom stereocenters. The van der Waals surface area contributed by atoms with Crippen LogP contribution in [0.4, 0.5) is 10.1 Å². The Bertz CT molecular complexity index is 919. The number of benzene rings is 1. The summed E-state index contributed by atoms with van der Waals surface area (Å²) in [7, 11) is -4.24. The number of carbonyl (C=O) groups excluding carboxylic acids is 1. The largest absolute Gasteiger partial charge is 0.506 e. The molecule has 2 heterocycles. The summed E-state index contributed by atoms with van der Waals surface area (Å²) in [5.41, 5.74) is 6.31. The number of phenolic OH excluding ortho intramolecular Hbond substituents is 1. The normalized spacial score (nSPS) is 18.9. The standard InChI is InChI=1S/C17H24FN5O4S/c1-2-3-4-6-20-17(19)22-7-5-11-8-13(24)16(15(18)12(11)9-22)23-10-14(25)21-28(23,26)27/h8,24H,2-7,9-10H2,1H3,(H2,19,20)(H,21,25). The van der Waals surface area contributed by atoms with Crippen molar-refractivity contribution < 1.29 is 22.7 Å². The molecule has 0 aromatic heterocycles. The third-order valence-electron chi connectivity index (χ3n) is 4.84. The van der Waals surface area contributed by atoms with Crippen LogP contribution in [0.1, 0.15) is 37.3 Å². The number of rotatable bonds is 5. The lowest BCUT2D eigenvalue weighted by molar-refractivity contribution is -0.117. The first-order chi connectivity index (χ1) is 13.2. The topological polar surface area (TPSA) is 128 Å². The Morgan fingerprint density at radius 1 is 1.39 bits per heavy atom. The van der Waals surface area contributed by atoms with Gasteiger partial charge in [-0.05, 0) is 24.5 Å². The highest BCUT2D eigenvalue weighted by atomic mass is 32.2. The van der Waals surface area contributed by atoms with Crippen molar-refractivity contribution in [3.8, 4) is 5.75 Å². The third-order valence-corrected chi connectivity index (χ3v) is 6.22. The van der Waals surface area contributed by atoms with E-state index in [0.717, 1.165) is 19.3 Å². The molecule has 0 spiro atoms. The number of hydrogen-bond donors (Lipinski definition) is 3. The SMILES string of the molecule is CCCCCN=C(N)N1CCc2cc(O)c(N3CC(=O)NS3(=O)=O)c(F)c2C1. The van der Waals surface area contributed by atoms with E-state index in [1.165, 1.54) is 6.07 Å². The molecule has 154 valence electrons. The molecule has 1 fully saturated rings. The monoisotopic (exact) mass is 413 g/mol. The van der Waals surface area contributed by atoms with E-state index >= 15 is 4.39 Å². The van der Waals surface area contributed by atoms with Crippen LogP contribution in [-0.2, 0) is 28.0 Å². The molecule has 11 heteroatoms. The smallest absolute Gasteiger partial charge is 0.326 e. The zero-order chi connectivity index (χ0) is 20.5. The number of unbranched alkanes of at least 4 members (excludes halogenated alkanes) is 2. The Morgan fingerprint density at radius 3 is 2.79 bits per heavy atom. The molecule has 2 aliphatic heterocycles. The van der Waals surface area contributed by atoms with Gasteiger partial charge in [0.15, 0.2) is 11.8 Å². The Labute approximate surface area is 163 Å². The molecule has 1 saturated heterocycles. The highest BCUT2D eigenvalue weighted by molar-refractivity contribution is 7.92. The van der Waals surface area contributed by atoms with E-state index in [2.05, 4.69) is 11.9 Å². The van der Waals surface area contributed by atoms with Gasteiger partial charge in [-0.3, -0.25) is 9.79 Å². The Hall–Kier alpha value is -2.56. The molecule has 0 radical (unpaired) electrons. The maximum atomic E-state index is 15.2. The van der Waals surface area contributed by atoms with E-state index in [1.807, 2.05) is 0 Å². The van der Waals surface area contributed by atoms with E-state index < -0.39 is 39.9 Å². The summed E-state index contributed by atoms with van der Waals surface area (Å²) >= 11 is 0. The van der Waals surface area contributed by atoms with Gasteiger partial charge in [0.25, 0.3) is 5.91 Å². The van der Waals surface area contributed by atoms with E-state index in [9.17, 15) is 18.3 Å². The number of guanidine groups is 1. The fourth-order valence-electron chi connectivity index (χ4n) is 3.37. The minimum Gasteiger partial charge on any atom is -0.506 e. The lowest BCUT2D eigenvalue weighted by Gasteiger charge is -2.31. The number of nitrogens with two attached hydrogens (primary N) is 1. The van der Waals surface area contributed by atoms with Gasteiger partial charge in [0, 0.05) is 25.2 Å². The predicted octanol–water partition coefficient (Wildman–Crippen LogP) is 0.575. The van der Waals surface area contributed by atoms with Crippen LogP contribution in [0.15, 0.2) is 11.1 Å². The van der Waals surface area contributed by atoms with Crippen molar-refractivity contribution >= 4 is 27.8 Å². The summed E-state index contributed by atoms with van der Waals surface area (Å²) in [6, 6.07) is 1.35. The van der Waals surface area contributed by atoms with Crippen LogP contribution < -0.4 is 14.8 Å². The number of hydrogen-bond acceptors (Lipinski definition) is 5. The highest BCUT2D eigenvalue weighted by Crippen LogP contribution is 2.38. The van der Waals surface area contributed by atoms with Crippen molar-refractivity contribution in [3.05, 3.63) is 23.0 Å². The van der Waals surface area contributed by atoms with E-state index in [-0.39, 0.29) is 12.1 Å². The molecule has 0 saturated carbocycles. The van der Waals surface area contributed by atoms with Crippen LogP contribution in [0.25, 0.3) is 0 Å². The first-order valence-corrected chi connectivity index (χ1v) is 10.6. The zero-order valence-electron chi connectivity index (χ0n) is 15.6. The zero-order valence-corrected chi connectivity index (χ0v) is 16.4. The molecule has 1 aromatic carbocycles. The van der Waals surface area contributed by atoms with Crippen molar-refractivity contribution in [3.63, 3.8) is 0 Å². The van der Waals surface area contributed by atoms with Gasteiger partial charge >= 0.3 is 10.2 Å². The number of halogens is 1. The molecule has 28 heavy (non-hydrogen) atoms. The molecule has 2 aliphatic rings. The number of anilines is 1. The van der Waals surface area contributed by atoms with Crippen molar-refractivity contribution in [2.45, 2.75) is 39.2 Å². The summed E-state index contributed by atoms with van der Waals surface area (Å²) in [4.78, 5) is 17.5. The van der Waals surface area contributed by atoms with Crippen molar-refractivity contribution in [1.29, 1.82) is 0 Å². The number of nitrogens with one attached hydrogen (secondary N) is 1.